The van der Waals surface area contributed by atoms with Gasteiger partial charge in [-0.05, 0) is 5.56 Å². The maximum absolute atomic E-state index is 14.1. The second kappa shape index (κ2) is 4.26. The van der Waals surface area contributed by atoms with Crippen LogP contribution < -0.4 is 0 Å². The van der Waals surface area contributed by atoms with Crippen LogP contribution in [0.25, 0.3) is 0 Å². The molecule has 1 fully saturated rings. The molecule has 0 spiro atoms. The third-order valence-corrected chi connectivity index (χ3v) is 3.10. The van der Waals surface area contributed by atoms with Gasteiger partial charge in [0.15, 0.2) is 6.17 Å². The monoisotopic (exact) mass is 250 g/mol. The van der Waals surface area contributed by atoms with Gasteiger partial charge in [0, 0.05) is 6.42 Å². The second-order valence-corrected chi connectivity index (χ2v) is 4.23. The lowest BCUT2D eigenvalue weighted by molar-refractivity contribution is -0.170. The third kappa shape index (κ3) is 2.04. The van der Waals surface area contributed by atoms with Crippen molar-refractivity contribution in [2.45, 2.75) is 30.2 Å². The molecule has 4 unspecified atom stereocenters. The zero-order valence-electron chi connectivity index (χ0n) is 8.25. The number of hydrogen-bond acceptors (Lipinski definition) is 1. The van der Waals surface area contributed by atoms with Gasteiger partial charge in [0.2, 0.25) is 12.2 Å². The highest BCUT2D eigenvalue weighted by Crippen LogP contribution is 2.40. The van der Waals surface area contributed by atoms with Gasteiger partial charge in [0.1, 0.15) is 5.38 Å². The van der Waals surface area contributed by atoms with Crippen LogP contribution >= 0.6 is 11.6 Å². The number of benzene rings is 1. The predicted octanol–water partition coefficient (Wildman–Crippen LogP) is 3.17. The summed E-state index contributed by atoms with van der Waals surface area (Å²) >= 11 is 5.50. The highest BCUT2D eigenvalue weighted by atomic mass is 35.5. The summed E-state index contributed by atoms with van der Waals surface area (Å²) in [7, 11) is 0. The molecular weight excluding hydrogens is 241 g/mol. The van der Waals surface area contributed by atoms with E-state index in [4.69, 9.17) is 11.6 Å². The smallest absolute Gasteiger partial charge is 0.235 e. The molecule has 0 radical (unpaired) electrons. The standard InChI is InChI=1S/C11H10ClF3O/c12-9-8(13)10(14)16-11(9,15)6-7-4-2-1-3-5-7/h1-5,8-10H,6H2. The van der Waals surface area contributed by atoms with Gasteiger partial charge in [-0.3, -0.25) is 0 Å². The zero-order valence-corrected chi connectivity index (χ0v) is 9.00. The van der Waals surface area contributed by atoms with Crippen molar-refractivity contribution in [3.63, 3.8) is 0 Å². The Labute approximate surface area is 96.2 Å². The molecule has 5 heteroatoms. The van der Waals surface area contributed by atoms with E-state index < -0.39 is 23.8 Å². The van der Waals surface area contributed by atoms with E-state index >= 15 is 0 Å². The molecule has 0 saturated carbocycles. The Morgan fingerprint density at radius 1 is 1.25 bits per heavy atom. The van der Waals surface area contributed by atoms with Gasteiger partial charge in [-0.2, -0.15) is 0 Å². The first-order valence-electron chi connectivity index (χ1n) is 4.86. The Morgan fingerprint density at radius 2 is 1.88 bits per heavy atom. The van der Waals surface area contributed by atoms with Crippen LogP contribution in [-0.4, -0.2) is 23.8 Å². The fourth-order valence-electron chi connectivity index (χ4n) is 1.70. The van der Waals surface area contributed by atoms with Gasteiger partial charge >= 0.3 is 0 Å². The summed E-state index contributed by atoms with van der Waals surface area (Å²) in [6.07, 6.45) is -4.69. The fraction of sp³-hybridized carbons (Fsp3) is 0.455. The summed E-state index contributed by atoms with van der Waals surface area (Å²) < 4.78 is 44.3. The molecular formula is C11H10ClF3O. The summed E-state index contributed by atoms with van der Waals surface area (Å²) in [5.41, 5.74) is 0.581. The molecule has 88 valence electrons. The Bertz CT molecular complexity index is 362. The fourth-order valence-corrected chi connectivity index (χ4v) is 1.94. The number of halogens is 4. The highest BCUT2D eigenvalue weighted by molar-refractivity contribution is 6.22. The molecule has 1 aliphatic rings. The zero-order chi connectivity index (χ0) is 11.8. The van der Waals surface area contributed by atoms with Crippen molar-refractivity contribution in [3.05, 3.63) is 35.9 Å². The number of hydrogen-bond donors (Lipinski definition) is 0. The van der Waals surface area contributed by atoms with Crippen LogP contribution in [0.5, 0.6) is 0 Å². The van der Waals surface area contributed by atoms with Crippen molar-refractivity contribution >= 4 is 11.6 Å². The molecule has 0 bridgehead atoms. The van der Waals surface area contributed by atoms with Crippen LogP contribution in [0, 0.1) is 0 Å². The average Bonchev–Trinajstić information content (AvgIpc) is 2.44. The first-order valence-corrected chi connectivity index (χ1v) is 5.29. The van der Waals surface area contributed by atoms with Crippen molar-refractivity contribution in [2.24, 2.45) is 0 Å². The lowest BCUT2D eigenvalue weighted by atomic mass is 10.0. The van der Waals surface area contributed by atoms with Crippen molar-refractivity contribution < 1.29 is 17.9 Å². The molecule has 0 aromatic heterocycles. The molecule has 0 aliphatic carbocycles. The van der Waals surface area contributed by atoms with Crippen LogP contribution in [0.15, 0.2) is 30.3 Å². The topological polar surface area (TPSA) is 9.23 Å². The van der Waals surface area contributed by atoms with Crippen molar-refractivity contribution in [1.29, 1.82) is 0 Å². The van der Waals surface area contributed by atoms with Crippen molar-refractivity contribution in [3.8, 4) is 0 Å². The van der Waals surface area contributed by atoms with E-state index in [2.05, 4.69) is 4.74 Å². The molecule has 1 aliphatic heterocycles. The summed E-state index contributed by atoms with van der Waals surface area (Å²) in [5.74, 6) is -2.48. The maximum Gasteiger partial charge on any atom is 0.235 e. The van der Waals surface area contributed by atoms with E-state index in [0.29, 0.717) is 5.56 Å². The van der Waals surface area contributed by atoms with Crippen molar-refractivity contribution in [1.82, 2.24) is 0 Å². The summed E-state index contributed by atoms with van der Waals surface area (Å²) in [6, 6.07) is 8.46. The van der Waals surface area contributed by atoms with E-state index in [1.165, 1.54) is 0 Å². The van der Waals surface area contributed by atoms with Crippen molar-refractivity contribution in [2.75, 3.05) is 0 Å². The van der Waals surface area contributed by atoms with Gasteiger partial charge in [0.05, 0.1) is 0 Å². The lowest BCUT2D eigenvalue weighted by Gasteiger charge is -2.21. The SMILES string of the molecule is FC1OC(F)(Cc2ccccc2)C(Cl)C1F. The second-order valence-electron chi connectivity index (χ2n) is 3.76. The molecule has 0 amide bonds. The minimum Gasteiger partial charge on any atom is -0.306 e. The van der Waals surface area contributed by atoms with Gasteiger partial charge < -0.3 is 4.74 Å². The van der Waals surface area contributed by atoms with E-state index in [9.17, 15) is 13.2 Å². The molecule has 16 heavy (non-hydrogen) atoms. The third-order valence-electron chi connectivity index (χ3n) is 2.54. The van der Waals surface area contributed by atoms with Crippen LogP contribution in [0.4, 0.5) is 13.2 Å². The van der Waals surface area contributed by atoms with Crippen LogP contribution in [0.3, 0.4) is 0 Å². The average molecular weight is 251 g/mol. The van der Waals surface area contributed by atoms with Gasteiger partial charge in [-0.25, -0.2) is 13.2 Å². The molecule has 2 rings (SSSR count). The summed E-state index contributed by atoms with van der Waals surface area (Å²) in [5, 5.41) is -1.62. The molecule has 1 aromatic carbocycles. The molecule has 1 heterocycles. The largest absolute Gasteiger partial charge is 0.306 e. The van der Waals surface area contributed by atoms with Crippen LogP contribution in [0.1, 0.15) is 5.56 Å². The first kappa shape index (κ1) is 11.7. The quantitative estimate of drug-likeness (QED) is 0.733. The Balaban J connectivity index is 2.15. The van der Waals surface area contributed by atoms with Gasteiger partial charge in [0.25, 0.3) is 0 Å². The van der Waals surface area contributed by atoms with E-state index in [1.54, 1.807) is 30.3 Å². The normalized spacial score (nSPS) is 38.9. The Kier molecular flexibility index (Phi) is 3.13. The molecule has 1 nitrogen and oxygen atoms in total. The minimum atomic E-state index is -2.48. The number of rotatable bonds is 2. The minimum absolute atomic E-state index is 0.261. The molecule has 4 atom stereocenters. The Hall–Kier alpha value is -0.740. The number of ether oxygens (including phenoxy) is 1. The molecule has 0 N–H and O–H groups in total. The van der Waals surface area contributed by atoms with Crippen LogP contribution in [0.2, 0.25) is 0 Å². The van der Waals surface area contributed by atoms with Gasteiger partial charge in [-0.1, -0.05) is 30.3 Å². The highest BCUT2D eigenvalue weighted by Gasteiger charge is 2.56. The Morgan fingerprint density at radius 3 is 2.38 bits per heavy atom. The van der Waals surface area contributed by atoms with E-state index in [1.807, 2.05) is 0 Å². The molecule has 1 aromatic rings. The summed E-state index contributed by atoms with van der Waals surface area (Å²) in [4.78, 5) is 0. The predicted molar refractivity (Wildman–Crippen MR) is 54.5 cm³/mol. The van der Waals surface area contributed by atoms with Gasteiger partial charge in [-0.15, -0.1) is 11.6 Å². The van der Waals surface area contributed by atoms with E-state index in [-0.39, 0.29) is 6.42 Å². The lowest BCUT2D eigenvalue weighted by Crippen LogP contribution is -2.36. The first-order chi connectivity index (χ1) is 7.53. The number of alkyl halides is 4. The molecule has 1 saturated heterocycles. The maximum atomic E-state index is 14.1. The van der Waals surface area contributed by atoms with Crippen LogP contribution in [-0.2, 0) is 11.2 Å². The van der Waals surface area contributed by atoms with E-state index in [0.717, 1.165) is 0 Å². The summed E-state index contributed by atoms with van der Waals surface area (Å²) in [6.45, 7) is 0.